The lowest BCUT2D eigenvalue weighted by molar-refractivity contribution is 0.410. The predicted octanol–water partition coefficient (Wildman–Crippen LogP) is 2.83. The highest BCUT2D eigenvalue weighted by atomic mass is 16.5. The van der Waals surface area contributed by atoms with Crippen LogP contribution in [0, 0.1) is 6.92 Å². The maximum atomic E-state index is 5.56. The molecule has 0 unspecified atom stereocenters. The number of ether oxygens (including phenoxy) is 1. The molecule has 0 aliphatic heterocycles. The number of hydrogen-bond acceptors (Lipinski definition) is 3. The van der Waals surface area contributed by atoms with Crippen LogP contribution in [0.5, 0.6) is 5.75 Å². The van der Waals surface area contributed by atoms with Gasteiger partial charge in [-0.2, -0.15) is 0 Å². The normalized spacial score (nSPS) is 10.8. The summed E-state index contributed by atoms with van der Waals surface area (Å²) in [5, 5.41) is 1.23. The number of benzene rings is 1. The third-order valence-electron chi connectivity index (χ3n) is 3.28. The van der Waals surface area contributed by atoms with Gasteiger partial charge >= 0.3 is 0 Å². The Balaban J connectivity index is 2.50. The van der Waals surface area contributed by atoms with Gasteiger partial charge in [-0.05, 0) is 56.5 Å². The fraction of sp³-hybridized carbons (Fsp3) is 0.400. The molecular weight excluding hydrogens is 224 g/mol. The fourth-order valence-corrected chi connectivity index (χ4v) is 2.36. The molecular formula is C15H20N2O. The van der Waals surface area contributed by atoms with Crippen molar-refractivity contribution in [3.8, 4) is 5.75 Å². The molecule has 0 spiro atoms. The highest BCUT2D eigenvalue weighted by Gasteiger charge is 2.10. The Morgan fingerprint density at radius 3 is 2.78 bits per heavy atom. The van der Waals surface area contributed by atoms with Crippen molar-refractivity contribution in [1.82, 2.24) is 4.98 Å². The molecule has 0 radical (unpaired) electrons. The van der Waals surface area contributed by atoms with Gasteiger partial charge in [0.05, 0.1) is 12.6 Å². The number of nitrogens with zero attached hydrogens (tertiary/aromatic N) is 1. The van der Waals surface area contributed by atoms with Crippen molar-refractivity contribution in [3.05, 3.63) is 35.5 Å². The van der Waals surface area contributed by atoms with Crippen LogP contribution < -0.4 is 10.5 Å². The second-order valence-corrected chi connectivity index (χ2v) is 4.51. The van der Waals surface area contributed by atoms with Gasteiger partial charge < -0.3 is 10.5 Å². The lowest BCUT2D eigenvalue weighted by Gasteiger charge is -2.13. The summed E-state index contributed by atoms with van der Waals surface area (Å²) in [6.07, 6.45) is 4.97. The zero-order valence-corrected chi connectivity index (χ0v) is 11.1. The van der Waals surface area contributed by atoms with E-state index in [9.17, 15) is 0 Å². The van der Waals surface area contributed by atoms with Gasteiger partial charge in [0, 0.05) is 17.1 Å². The van der Waals surface area contributed by atoms with Crippen molar-refractivity contribution >= 4 is 10.9 Å². The van der Waals surface area contributed by atoms with Crippen LogP contribution in [0.2, 0.25) is 0 Å². The molecule has 0 saturated carbocycles. The van der Waals surface area contributed by atoms with Crippen molar-refractivity contribution in [2.24, 2.45) is 5.73 Å². The molecule has 2 aromatic rings. The molecule has 0 bridgehead atoms. The first-order valence-corrected chi connectivity index (χ1v) is 6.39. The van der Waals surface area contributed by atoms with Gasteiger partial charge in [0.25, 0.3) is 0 Å². The summed E-state index contributed by atoms with van der Waals surface area (Å²) >= 11 is 0. The van der Waals surface area contributed by atoms with E-state index in [-0.39, 0.29) is 0 Å². The molecule has 0 atom stereocenters. The number of nitrogens with two attached hydrogens (primary N) is 1. The number of pyridine rings is 1. The first-order valence-electron chi connectivity index (χ1n) is 6.39. The van der Waals surface area contributed by atoms with E-state index >= 15 is 0 Å². The average molecular weight is 244 g/mol. The molecule has 1 aromatic heterocycles. The molecule has 96 valence electrons. The lowest BCUT2D eigenvalue weighted by Crippen LogP contribution is -2.01. The van der Waals surface area contributed by atoms with Gasteiger partial charge in [0.15, 0.2) is 0 Å². The van der Waals surface area contributed by atoms with Crippen molar-refractivity contribution < 1.29 is 4.74 Å². The number of aryl methyl sites for hydroxylation is 2. The number of unbranched alkanes of at least 4 members (excludes halogenated alkanes) is 1. The third-order valence-corrected chi connectivity index (χ3v) is 3.28. The van der Waals surface area contributed by atoms with Crippen LogP contribution in [0.15, 0.2) is 24.4 Å². The molecule has 3 nitrogen and oxygen atoms in total. The summed E-state index contributed by atoms with van der Waals surface area (Å²) in [6, 6.07) is 6.08. The first-order chi connectivity index (χ1) is 8.77. The molecule has 18 heavy (non-hydrogen) atoms. The van der Waals surface area contributed by atoms with Crippen molar-refractivity contribution in [1.29, 1.82) is 0 Å². The Labute approximate surface area is 108 Å². The van der Waals surface area contributed by atoms with Crippen molar-refractivity contribution in [2.45, 2.75) is 26.2 Å². The average Bonchev–Trinajstić information content (AvgIpc) is 2.39. The number of aromatic nitrogens is 1. The maximum Gasteiger partial charge on any atom is 0.122 e. The van der Waals surface area contributed by atoms with Crippen molar-refractivity contribution in [2.75, 3.05) is 13.7 Å². The largest absolute Gasteiger partial charge is 0.496 e. The van der Waals surface area contributed by atoms with Gasteiger partial charge in [0.1, 0.15) is 5.75 Å². The van der Waals surface area contributed by atoms with Gasteiger partial charge in [-0.15, -0.1) is 0 Å². The van der Waals surface area contributed by atoms with Gasteiger partial charge in [-0.3, -0.25) is 4.98 Å². The summed E-state index contributed by atoms with van der Waals surface area (Å²) < 4.78 is 5.48. The number of hydrogen-bond donors (Lipinski definition) is 1. The van der Waals surface area contributed by atoms with E-state index < -0.39 is 0 Å². The minimum absolute atomic E-state index is 0.740. The van der Waals surface area contributed by atoms with E-state index in [1.165, 1.54) is 16.5 Å². The van der Waals surface area contributed by atoms with E-state index in [0.717, 1.165) is 37.1 Å². The van der Waals surface area contributed by atoms with Crippen LogP contribution in [-0.4, -0.2) is 18.6 Å². The molecule has 1 heterocycles. The van der Waals surface area contributed by atoms with E-state index in [1.54, 1.807) is 7.11 Å². The molecule has 0 aliphatic rings. The Hall–Kier alpha value is -1.61. The van der Waals surface area contributed by atoms with Crippen LogP contribution >= 0.6 is 0 Å². The van der Waals surface area contributed by atoms with E-state index in [0.29, 0.717) is 0 Å². The quantitative estimate of drug-likeness (QED) is 0.823. The summed E-state index contributed by atoms with van der Waals surface area (Å²) in [5.74, 6) is 0.954. The number of fused-ring (bicyclic) bond motifs is 1. The van der Waals surface area contributed by atoms with Gasteiger partial charge in [-0.25, -0.2) is 0 Å². The van der Waals surface area contributed by atoms with Crippen LogP contribution in [0.4, 0.5) is 0 Å². The van der Waals surface area contributed by atoms with Crippen LogP contribution in [0.3, 0.4) is 0 Å². The minimum atomic E-state index is 0.740. The summed E-state index contributed by atoms with van der Waals surface area (Å²) in [4.78, 5) is 4.43. The Morgan fingerprint density at radius 1 is 1.22 bits per heavy atom. The summed E-state index contributed by atoms with van der Waals surface area (Å²) in [5.41, 5.74) is 9.11. The van der Waals surface area contributed by atoms with Gasteiger partial charge in [-0.1, -0.05) is 0 Å². The molecule has 0 fully saturated rings. The summed E-state index contributed by atoms with van der Waals surface area (Å²) in [7, 11) is 1.72. The van der Waals surface area contributed by atoms with Crippen LogP contribution in [0.1, 0.15) is 24.0 Å². The minimum Gasteiger partial charge on any atom is -0.496 e. The Kier molecular flexibility index (Phi) is 4.15. The van der Waals surface area contributed by atoms with Crippen LogP contribution in [0.25, 0.3) is 10.9 Å². The zero-order valence-electron chi connectivity index (χ0n) is 11.1. The first kappa shape index (κ1) is 12.8. The lowest BCUT2D eigenvalue weighted by atomic mass is 9.98. The fourth-order valence-electron chi connectivity index (χ4n) is 2.36. The monoisotopic (exact) mass is 244 g/mol. The molecule has 2 N–H and O–H groups in total. The molecule has 0 saturated heterocycles. The maximum absolute atomic E-state index is 5.56. The molecule has 2 rings (SSSR count). The standard InChI is InChI=1S/C15H20N2O/c1-11-8-10-17-13-6-7-14(18-2)12(15(11)13)5-3-4-9-16/h6-8,10H,3-5,9,16H2,1-2H3. The SMILES string of the molecule is COc1ccc2nccc(C)c2c1CCCCN. The number of methoxy groups -OCH3 is 1. The molecule has 1 aromatic carbocycles. The highest BCUT2D eigenvalue weighted by molar-refractivity contribution is 5.87. The molecule has 3 heteroatoms. The topological polar surface area (TPSA) is 48.1 Å². The second-order valence-electron chi connectivity index (χ2n) is 4.51. The van der Waals surface area contributed by atoms with Crippen LogP contribution in [-0.2, 0) is 6.42 Å². The zero-order chi connectivity index (χ0) is 13.0. The van der Waals surface area contributed by atoms with E-state index in [2.05, 4.69) is 11.9 Å². The Bertz CT molecular complexity index is 537. The smallest absolute Gasteiger partial charge is 0.122 e. The third kappa shape index (κ3) is 2.46. The number of rotatable bonds is 5. The second kappa shape index (κ2) is 5.83. The van der Waals surface area contributed by atoms with Gasteiger partial charge in [0.2, 0.25) is 0 Å². The highest BCUT2D eigenvalue weighted by Crippen LogP contribution is 2.30. The Morgan fingerprint density at radius 2 is 2.06 bits per heavy atom. The molecule has 0 amide bonds. The van der Waals surface area contributed by atoms with E-state index in [4.69, 9.17) is 10.5 Å². The predicted molar refractivity (Wildman–Crippen MR) is 75.0 cm³/mol. The van der Waals surface area contributed by atoms with Crippen molar-refractivity contribution in [3.63, 3.8) is 0 Å². The van der Waals surface area contributed by atoms with E-state index in [1.807, 2.05) is 24.4 Å². The summed E-state index contributed by atoms with van der Waals surface area (Å²) in [6.45, 7) is 2.86. The molecule has 0 aliphatic carbocycles.